The van der Waals surface area contributed by atoms with Crippen molar-refractivity contribution in [1.29, 1.82) is 5.26 Å². The van der Waals surface area contributed by atoms with E-state index in [4.69, 9.17) is 11.6 Å². The molecule has 2 rings (SSSR count). The van der Waals surface area contributed by atoms with Crippen molar-refractivity contribution in [3.63, 3.8) is 0 Å². The molecule has 0 saturated carbocycles. The van der Waals surface area contributed by atoms with Crippen LogP contribution >= 0.6 is 23.4 Å². The molecule has 114 valence electrons. The van der Waals surface area contributed by atoms with Gasteiger partial charge < -0.3 is 0 Å². The number of allylic oxidation sites excluding steroid dienone is 1. The van der Waals surface area contributed by atoms with E-state index in [-0.39, 0.29) is 11.7 Å². The summed E-state index contributed by atoms with van der Waals surface area (Å²) in [4.78, 5) is 16.7. The van der Waals surface area contributed by atoms with E-state index >= 15 is 0 Å². The fraction of sp³-hybridized carbons (Fsp3) is 0.353. The Bertz CT molecular complexity index is 686. The lowest BCUT2D eigenvalue weighted by molar-refractivity contribution is -0.119. The monoisotopic (exact) mass is 332 g/mol. The fourth-order valence-electron chi connectivity index (χ4n) is 2.75. The Balaban J connectivity index is 2.62. The third-order valence-corrected chi connectivity index (χ3v) is 4.80. The lowest BCUT2D eigenvalue weighted by Crippen LogP contribution is -2.31. The second-order valence-electron chi connectivity index (χ2n) is 5.13. The number of ketones is 1. The number of nitriles is 1. The molecule has 0 amide bonds. The number of thioether (sulfide) groups is 1. The molecule has 5 heteroatoms. The highest BCUT2D eigenvalue weighted by Gasteiger charge is 2.37. The van der Waals surface area contributed by atoms with E-state index in [2.05, 4.69) is 11.1 Å². The third kappa shape index (κ3) is 3.26. The van der Waals surface area contributed by atoms with Crippen LogP contribution in [0, 0.1) is 17.2 Å². The minimum Gasteiger partial charge on any atom is -0.299 e. The third-order valence-electron chi connectivity index (χ3n) is 3.67. The Morgan fingerprint density at radius 2 is 2.05 bits per heavy atom. The van der Waals surface area contributed by atoms with Crippen molar-refractivity contribution in [3.8, 4) is 6.07 Å². The molecule has 0 bridgehead atoms. The molecule has 0 fully saturated rings. The zero-order chi connectivity index (χ0) is 16.3. The van der Waals surface area contributed by atoms with E-state index in [1.54, 1.807) is 19.1 Å². The van der Waals surface area contributed by atoms with Crippen molar-refractivity contribution >= 4 is 34.9 Å². The molecule has 0 aliphatic carbocycles. The van der Waals surface area contributed by atoms with Crippen LogP contribution in [0.15, 0.2) is 39.9 Å². The van der Waals surface area contributed by atoms with Crippen molar-refractivity contribution in [2.75, 3.05) is 5.75 Å². The van der Waals surface area contributed by atoms with E-state index in [0.29, 0.717) is 10.6 Å². The number of aliphatic imine (C=N–C) groups is 1. The summed E-state index contributed by atoms with van der Waals surface area (Å²) in [6.45, 7) is 5.44. The number of halogens is 1. The van der Waals surface area contributed by atoms with Crippen LogP contribution in [0.4, 0.5) is 0 Å². The summed E-state index contributed by atoms with van der Waals surface area (Å²) in [6, 6.07) is 9.62. The highest BCUT2D eigenvalue weighted by Crippen LogP contribution is 2.42. The van der Waals surface area contributed by atoms with Gasteiger partial charge in [-0.2, -0.15) is 5.26 Å². The highest BCUT2D eigenvalue weighted by atomic mass is 35.5. The van der Waals surface area contributed by atoms with Crippen molar-refractivity contribution in [2.24, 2.45) is 10.9 Å². The van der Waals surface area contributed by atoms with E-state index in [1.165, 1.54) is 11.8 Å². The molecule has 1 heterocycles. The van der Waals surface area contributed by atoms with Gasteiger partial charge in [-0.15, -0.1) is 11.8 Å². The molecule has 1 unspecified atom stereocenters. The lowest BCUT2D eigenvalue weighted by atomic mass is 9.75. The maximum atomic E-state index is 12.1. The van der Waals surface area contributed by atoms with Crippen LogP contribution in [0.3, 0.4) is 0 Å². The van der Waals surface area contributed by atoms with Gasteiger partial charge in [0.25, 0.3) is 0 Å². The second-order valence-corrected chi connectivity index (χ2v) is 6.82. The zero-order valence-electron chi connectivity index (χ0n) is 12.8. The number of carbonyl (C=O) groups is 1. The predicted octanol–water partition coefficient (Wildman–Crippen LogP) is 4.59. The SMILES string of the molecule is CCSC1=C(C#N)[C@@H](c2ccc(Cl)cc2)C(C(C)=O)C(C)=N1. The Kier molecular flexibility index (Phi) is 5.44. The highest BCUT2D eigenvalue weighted by molar-refractivity contribution is 8.03. The van der Waals surface area contributed by atoms with Crippen LogP contribution in [-0.4, -0.2) is 17.2 Å². The second kappa shape index (κ2) is 7.13. The molecule has 2 atom stereocenters. The summed E-state index contributed by atoms with van der Waals surface area (Å²) in [6.07, 6.45) is 0. The molecule has 1 aliphatic rings. The maximum Gasteiger partial charge on any atom is 0.139 e. The molecule has 3 nitrogen and oxygen atoms in total. The van der Waals surface area contributed by atoms with Gasteiger partial charge in [0.05, 0.1) is 17.6 Å². The summed E-state index contributed by atoms with van der Waals surface area (Å²) < 4.78 is 0. The van der Waals surface area contributed by atoms with Gasteiger partial charge in [0, 0.05) is 16.7 Å². The predicted molar refractivity (Wildman–Crippen MR) is 92.2 cm³/mol. The molecule has 22 heavy (non-hydrogen) atoms. The number of carbonyl (C=O) groups excluding carboxylic acids is 1. The number of hydrogen-bond donors (Lipinski definition) is 0. The Hall–Kier alpha value is -1.57. The molecule has 1 aliphatic heterocycles. The summed E-state index contributed by atoms with van der Waals surface area (Å²) in [5.41, 5.74) is 2.26. The van der Waals surface area contributed by atoms with E-state index in [1.807, 2.05) is 26.0 Å². The van der Waals surface area contributed by atoms with Gasteiger partial charge in [0.15, 0.2) is 0 Å². The summed E-state index contributed by atoms with van der Waals surface area (Å²) in [7, 11) is 0. The van der Waals surface area contributed by atoms with E-state index in [0.717, 1.165) is 22.1 Å². The van der Waals surface area contributed by atoms with Crippen LogP contribution in [0.25, 0.3) is 0 Å². The molecular formula is C17H17ClN2OS. The quantitative estimate of drug-likeness (QED) is 0.810. The number of rotatable bonds is 4. The van der Waals surface area contributed by atoms with Gasteiger partial charge in [-0.1, -0.05) is 30.7 Å². The van der Waals surface area contributed by atoms with Gasteiger partial charge >= 0.3 is 0 Å². The van der Waals surface area contributed by atoms with Gasteiger partial charge in [-0.3, -0.25) is 4.79 Å². The Morgan fingerprint density at radius 1 is 1.41 bits per heavy atom. The first-order valence-corrected chi connectivity index (χ1v) is 8.44. The molecule has 0 N–H and O–H groups in total. The van der Waals surface area contributed by atoms with Crippen molar-refractivity contribution in [3.05, 3.63) is 45.5 Å². The fourth-order valence-corrected chi connectivity index (χ4v) is 3.69. The van der Waals surface area contributed by atoms with Crippen molar-refractivity contribution < 1.29 is 4.79 Å². The first kappa shape index (κ1) is 16.8. The summed E-state index contributed by atoms with van der Waals surface area (Å²) in [5, 5.41) is 11.0. The number of Topliss-reactive ketones (excluding diaryl/α,β-unsaturated/α-hetero) is 1. The van der Waals surface area contributed by atoms with Gasteiger partial charge in [-0.05, 0) is 37.3 Å². The topological polar surface area (TPSA) is 53.2 Å². The largest absolute Gasteiger partial charge is 0.299 e. The van der Waals surface area contributed by atoms with E-state index in [9.17, 15) is 10.1 Å². The molecule has 0 spiro atoms. The molecule has 1 aromatic rings. The molecule has 0 aromatic heterocycles. The maximum absolute atomic E-state index is 12.1. The number of nitrogens with zero attached hydrogens (tertiary/aromatic N) is 2. The van der Waals surface area contributed by atoms with Gasteiger partial charge in [0.2, 0.25) is 0 Å². The zero-order valence-corrected chi connectivity index (χ0v) is 14.3. The van der Waals surface area contributed by atoms with Crippen LogP contribution in [0.1, 0.15) is 32.3 Å². The number of benzene rings is 1. The first-order valence-electron chi connectivity index (χ1n) is 7.07. The van der Waals surface area contributed by atoms with Gasteiger partial charge in [-0.25, -0.2) is 4.99 Å². The van der Waals surface area contributed by atoms with Crippen molar-refractivity contribution in [1.82, 2.24) is 0 Å². The molecule has 0 saturated heterocycles. The lowest BCUT2D eigenvalue weighted by Gasteiger charge is -2.30. The average Bonchev–Trinajstić information content (AvgIpc) is 2.47. The minimum atomic E-state index is -0.392. The standard InChI is InChI=1S/C17H17ClN2OS/c1-4-22-17-14(9-19)16(12-5-7-13(18)8-6-12)15(11(3)21)10(2)20-17/h5-8,15-16H,4H2,1-3H3/t15?,16-/m1/s1. The molecule has 0 radical (unpaired) electrons. The van der Waals surface area contributed by atoms with Crippen LogP contribution < -0.4 is 0 Å². The van der Waals surface area contributed by atoms with Crippen LogP contribution in [0.2, 0.25) is 5.02 Å². The van der Waals surface area contributed by atoms with Gasteiger partial charge in [0.1, 0.15) is 10.8 Å². The Morgan fingerprint density at radius 3 is 2.55 bits per heavy atom. The number of hydrogen-bond acceptors (Lipinski definition) is 4. The Labute approximate surface area is 140 Å². The van der Waals surface area contributed by atoms with Crippen molar-refractivity contribution in [2.45, 2.75) is 26.7 Å². The summed E-state index contributed by atoms with van der Waals surface area (Å²) in [5.74, 6) is 0.174. The molecule has 1 aromatic carbocycles. The smallest absolute Gasteiger partial charge is 0.139 e. The molecular weight excluding hydrogens is 316 g/mol. The van der Waals surface area contributed by atoms with E-state index < -0.39 is 5.92 Å². The minimum absolute atomic E-state index is 0.0227. The van der Waals surface area contributed by atoms with Crippen LogP contribution in [0.5, 0.6) is 0 Å². The average molecular weight is 333 g/mol. The first-order chi connectivity index (χ1) is 10.5. The summed E-state index contributed by atoms with van der Waals surface area (Å²) >= 11 is 7.49. The normalized spacial score (nSPS) is 21.3. The van der Waals surface area contributed by atoms with Crippen LogP contribution in [-0.2, 0) is 4.79 Å².